The second-order valence-corrected chi connectivity index (χ2v) is 4.27. The molecule has 0 bridgehead atoms. The standard InChI is InChI=1S/C13H13F2NO2/c14-10-4-1-8(7-11(10)15)12-5-2-9(16-12)3-6-13(17)18/h1,3-4,6-7,9,12,16H,2,5H2,(H,17,18)/b6-3+/t9-,12+/m0/s1. The van der Waals surface area contributed by atoms with Gasteiger partial charge in [0.2, 0.25) is 0 Å². The molecule has 2 atom stereocenters. The van der Waals surface area contributed by atoms with Crippen LogP contribution in [0.3, 0.4) is 0 Å². The molecule has 1 aromatic carbocycles. The van der Waals surface area contributed by atoms with Crippen LogP contribution in [0.5, 0.6) is 0 Å². The number of nitrogens with one attached hydrogen (secondary N) is 1. The molecular weight excluding hydrogens is 240 g/mol. The summed E-state index contributed by atoms with van der Waals surface area (Å²) in [5.41, 5.74) is 0.681. The monoisotopic (exact) mass is 253 g/mol. The average Bonchev–Trinajstić information content (AvgIpc) is 2.79. The molecule has 0 unspecified atom stereocenters. The van der Waals surface area contributed by atoms with Crippen LogP contribution in [0, 0.1) is 11.6 Å². The lowest BCUT2D eigenvalue weighted by atomic mass is 10.1. The zero-order valence-electron chi connectivity index (χ0n) is 9.57. The SMILES string of the molecule is O=C(O)/C=C/[C@@H]1CC[C@H](c2ccc(F)c(F)c2)N1. The number of halogens is 2. The number of carboxylic acids is 1. The zero-order valence-corrected chi connectivity index (χ0v) is 9.57. The van der Waals surface area contributed by atoms with Crippen LogP contribution in [-0.4, -0.2) is 17.1 Å². The Morgan fingerprint density at radius 1 is 1.33 bits per heavy atom. The molecule has 1 heterocycles. The van der Waals surface area contributed by atoms with Crippen molar-refractivity contribution in [3.63, 3.8) is 0 Å². The van der Waals surface area contributed by atoms with E-state index in [0.29, 0.717) is 5.56 Å². The third kappa shape index (κ3) is 2.92. The third-order valence-electron chi connectivity index (χ3n) is 3.00. The highest BCUT2D eigenvalue weighted by molar-refractivity contribution is 5.79. The Hall–Kier alpha value is -1.75. The third-order valence-corrected chi connectivity index (χ3v) is 3.00. The van der Waals surface area contributed by atoms with Gasteiger partial charge in [0.1, 0.15) is 0 Å². The molecule has 1 aliphatic heterocycles. The van der Waals surface area contributed by atoms with Crippen LogP contribution in [0.15, 0.2) is 30.4 Å². The van der Waals surface area contributed by atoms with E-state index in [1.165, 1.54) is 6.07 Å². The van der Waals surface area contributed by atoms with Gasteiger partial charge in [-0.25, -0.2) is 13.6 Å². The summed E-state index contributed by atoms with van der Waals surface area (Å²) < 4.78 is 25.9. The van der Waals surface area contributed by atoms with Gasteiger partial charge in [-0.1, -0.05) is 12.1 Å². The smallest absolute Gasteiger partial charge is 0.328 e. The Labute approximate surface area is 103 Å². The van der Waals surface area contributed by atoms with Gasteiger partial charge in [0, 0.05) is 18.2 Å². The maximum atomic E-state index is 13.1. The molecule has 0 aliphatic carbocycles. The molecule has 1 saturated heterocycles. The van der Waals surface area contributed by atoms with Crippen LogP contribution in [0.25, 0.3) is 0 Å². The molecule has 1 aromatic rings. The number of aliphatic carboxylic acids is 1. The summed E-state index contributed by atoms with van der Waals surface area (Å²) in [6, 6.07) is 3.71. The molecule has 1 aliphatic rings. The van der Waals surface area contributed by atoms with Gasteiger partial charge in [0.05, 0.1) is 0 Å². The van der Waals surface area contributed by atoms with Crippen molar-refractivity contribution in [3.8, 4) is 0 Å². The Morgan fingerprint density at radius 2 is 2.11 bits per heavy atom. The number of benzene rings is 1. The van der Waals surface area contributed by atoms with Gasteiger partial charge in [-0.15, -0.1) is 0 Å². The summed E-state index contributed by atoms with van der Waals surface area (Å²) >= 11 is 0. The van der Waals surface area contributed by atoms with Crippen LogP contribution in [0.4, 0.5) is 8.78 Å². The van der Waals surface area contributed by atoms with Crippen LogP contribution in [-0.2, 0) is 4.79 Å². The first-order valence-corrected chi connectivity index (χ1v) is 5.68. The quantitative estimate of drug-likeness (QED) is 0.813. The van der Waals surface area contributed by atoms with E-state index in [4.69, 9.17) is 5.11 Å². The number of rotatable bonds is 3. The molecule has 96 valence electrons. The van der Waals surface area contributed by atoms with Crippen molar-refractivity contribution in [2.24, 2.45) is 0 Å². The van der Waals surface area contributed by atoms with Gasteiger partial charge in [0.15, 0.2) is 11.6 Å². The lowest BCUT2D eigenvalue weighted by molar-refractivity contribution is -0.131. The highest BCUT2D eigenvalue weighted by Gasteiger charge is 2.23. The summed E-state index contributed by atoms with van der Waals surface area (Å²) in [6.45, 7) is 0. The Bertz CT molecular complexity index is 488. The van der Waals surface area contributed by atoms with E-state index in [-0.39, 0.29) is 12.1 Å². The second kappa shape index (κ2) is 5.27. The summed E-state index contributed by atoms with van der Waals surface area (Å²) in [6.07, 6.45) is 4.20. The maximum absolute atomic E-state index is 13.1. The maximum Gasteiger partial charge on any atom is 0.328 e. The predicted molar refractivity (Wildman–Crippen MR) is 62.0 cm³/mol. The molecule has 0 saturated carbocycles. The molecule has 0 radical (unpaired) electrons. The van der Waals surface area contributed by atoms with Crippen LogP contribution < -0.4 is 5.32 Å². The first-order chi connectivity index (χ1) is 8.56. The molecule has 0 aromatic heterocycles. The lowest BCUT2D eigenvalue weighted by Crippen LogP contribution is -2.22. The van der Waals surface area contributed by atoms with E-state index < -0.39 is 17.6 Å². The number of hydrogen-bond acceptors (Lipinski definition) is 2. The molecular formula is C13H13F2NO2. The van der Waals surface area contributed by atoms with Gasteiger partial charge in [-0.2, -0.15) is 0 Å². The van der Waals surface area contributed by atoms with Gasteiger partial charge in [-0.05, 0) is 30.5 Å². The predicted octanol–water partition coefficient (Wildman–Crippen LogP) is 2.40. The average molecular weight is 253 g/mol. The minimum Gasteiger partial charge on any atom is -0.478 e. The van der Waals surface area contributed by atoms with Crippen LogP contribution in [0.1, 0.15) is 24.4 Å². The minimum absolute atomic E-state index is 0.0424. The molecule has 0 spiro atoms. The van der Waals surface area contributed by atoms with Crippen molar-refractivity contribution >= 4 is 5.97 Å². The van der Waals surface area contributed by atoms with Crippen molar-refractivity contribution in [2.75, 3.05) is 0 Å². The van der Waals surface area contributed by atoms with E-state index in [0.717, 1.165) is 25.0 Å². The first kappa shape index (κ1) is 12.7. The van der Waals surface area contributed by atoms with E-state index in [1.54, 1.807) is 12.1 Å². The molecule has 2 N–H and O–H groups in total. The summed E-state index contributed by atoms with van der Waals surface area (Å²) in [7, 11) is 0. The fraction of sp³-hybridized carbons (Fsp3) is 0.308. The molecule has 3 nitrogen and oxygen atoms in total. The van der Waals surface area contributed by atoms with E-state index in [9.17, 15) is 13.6 Å². The summed E-state index contributed by atoms with van der Waals surface area (Å²) in [5, 5.41) is 11.7. The normalized spacial score (nSPS) is 23.7. The number of carbonyl (C=O) groups is 1. The van der Waals surface area contributed by atoms with Crippen molar-refractivity contribution in [1.29, 1.82) is 0 Å². The minimum atomic E-state index is -0.993. The van der Waals surface area contributed by atoms with Crippen LogP contribution in [0.2, 0.25) is 0 Å². The molecule has 18 heavy (non-hydrogen) atoms. The summed E-state index contributed by atoms with van der Waals surface area (Å²) in [4.78, 5) is 10.4. The number of hydrogen-bond donors (Lipinski definition) is 2. The van der Waals surface area contributed by atoms with Crippen molar-refractivity contribution in [1.82, 2.24) is 5.32 Å². The Morgan fingerprint density at radius 3 is 2.78 bits per heavy atom. The first-order valence-electron chi connectivity index (χ1n) is 5.68. The number of carboxylic acid groups (broad SMARTS) is 1. The van der Waals surface area contributed by atoms with Gasteiger partial charge >= 0.3 is 5.97 Å². The fourth-order valence-corrected chi connectivity index (χ4v) is 2.11. The van der Waals surface area contributed by atoms with Gasteiger partial charge in [0.25, 0.3) is 0 Å². The topological polar surface area (TPSA) is 49.3 Å². The zero-order chi connectivity index (χ0) is 13.1. The molecule has 2 rings (SSSR count). The van der Waals surface area contributed by atoms with E-state index in [1.807, 2.05) is 0 Å². The van der Waals surface area contributed by atoms with E-state index in [2.05, 4.69) is 5.32 Å². The summed E-state index contributed by atoms with van der Waals surface area (Å²) in [5.74, 6) is -2.72. The van der Waals surface area contributed by atoms with Gasteiger partial charge < -0.3 is 10.4 Å². The highest BCUT2D eigenvalue weighted by Crippen LogP contribution is 2.27. The fourth-order valence-electron chi connectivity index (χ4n) is 2.11. The van der Waals surface area contributed by atoms with Gasteiger partial charge in [-0.3, -0.25) is 0 Å². The lowest BCUT2D eigenvalue weighted by Gasteiger charge is -2.12. The molecule has 0 amide bonds. The molecule has 5 heteroatoms. The van der Waals surface area contributed by atoms with Crippen molar-refractivity contribution in [2.45, 2.75) is 24.9 Å². The Balaban J connectivity index is 2.04. The van der Waals surface area contributed by atoms with Crippen molar-refractivity contribution < 1.29 is 18.7 Å². The van der Waals surface area contributed by atoms with E-state index >= 15 is 0 Å². The highest BCUT2D eigenvalue weighted by atomic mass is 19.2. The van der Waals surface area contributed by atoms with Crippen molar-refractivity contribution in [3.05, 3.63) is 47.5 Å². The Kier molecular flexibility index (Phi) is 3.72. The largest absolute Gasteiger partial charge is 0.478 e. The van der Waals surface area contributed by atoms with Crippen LogP contribution >= 0.6 is 0 Å². The molecule has 1 fully saturated rings. The second-order valence-electron chi connectivity index (χ2n) is 4.27.